The number of hydrogen-bond donors (Lipinski definition) is 1. The van der Waals surface area contributed by atoms with Crippen LogP contribution in [0.15, 0.2) is 0 Å². The molecule has 5 nitrogen and oxygen atoms in total. The van der Waals surface area contributed by atoms with Gasteiger partial charge >= 0.3 is 0 Å². The van der Waals surface area contributed by atoms with Crippen molar-refractivity contribution in [3.05, 3.63) is 5.01 Å². The van der Waals surface area contributed by atoms with Gasteiger partial charge in [0.1, 0.15) is 0 Å². The normalized spacial score (nSPS) is 20.4. The van der Waals surface area contributed by atoms with Crippen LogP contribution < -0.4 is 5.32 Å². The number of hydrogen-bond acceptors (Lipinski definition) is 6. The molecule has 1 atom stereocenters. The molecule has 7 heteroatoms. The summed E-state index contributed by atoms with van der Waals surface area (Å²) in [5, 5.41) is 12.4. The highest BCUT2D eigenvalue weighted by Crippen LogP contribution is 2.23. The predicted molar refractivity (Wildman–Crippen MR) is 71.9 cm³/mol. The third-order valence-electron chi connectivity index (χ3n) is 2.70. The van der Waals surface area contributed by atoms with Crippen LogP contribution in [0.5, 0.6) is 0 Å². The Morgan fingerprint density at radius 2 is 2.41 bits per heavy atom. The summed E-state index contributed by atoms with van der Waals surface area (Å²) in [5.74, 6) is 1.03. The molecule has 1 saturated heterocycles. The smallest absolute Gasteiger partial charge is 0.284 e. The number of carbonyl (C=O) groups excluding carboxylic acids is 1. The predicted octanol–water partition coefficient (Wildman–Crippen LogP) is 1.55. The zero-order chi connectivity index (χ0) is 12.3. The number of anilines is 1. The molecule has 2 rings (SSSR count). The van der Waals surface area contributed by atoms with Gasteiger partial charge in [0.2, 0.25) is 10.1 Å². The molecule has 1 fully saturated rings. The van der Waals surface area contributed by atoms with Crippen molar-refractivity contribution in [2.45, 2.75) is 18.6 Å². The molecular formula is C10H16N4OS2. The second-order valence-corrected chi connectivity index (χ2v) is 6.20. The minimum Gasteiger partial charge on any atom is -0.363 e. The molecule has 0 spiro atoms. The molecule has 0 saturated carbocycles. The third-order valence-corrected chi connectivity index (χ3v) is 5.00. The molecule has 1 amide bonds. The highest BCUT2D eigenvalue weighted by Gasteiger charge is 2.26. The van der Waals surface area contributed by atoms with Crippen molar-refractivity contribution in [2.75, 3.05) is 31.2 Å². The summed E-state index contributed by atoms with van der Waals surface area (Å²) < 4.78 is 0. The van der Waals surface area contributed by atoms with Gasteiger partial charge in [-0.1, -0.05) is 18.3 Å². The monoisotopic (exact) mass is 272 g/mol. The lowest BCUT2D eigenvalue weighted by atomic mass is 10.3. The molecule has 0 radical (unpaired) electrons. The molecule has 1 aromatic heterocycles. The topological polar surface area (TPSA) is 58.1 Å². The van der Waals surface area contributed by atoms with Gasteiger partial charge in [-0.2, -0.15) is 11.8 Å². The largest absolute Gasteiger partial charge is 0.363 e. The molecule has 94 valence electrons. The van der Waals surface area contributed by atoms with Crippen LogP contribution in [0.1, 0.15) is 23.1 Å². The van der Waals surface area contributed by atoms with Gasteiger partial charge in [0, 0.05) is 31.1 Å². The summed E-state index contributed by atoms with van der Waals surface area (Å²) in [6.45, 7) is 3.80. The first-order chi connectivity index (χ1) is 8.24. The molecule has 0 aromatic carbocycles. The minimum absolute atomic E-state index is 0.0164. The van der Waals surface area contributed by atoms with E-state index in [0.29, 0.717) is 15.4 Å². The lowest BCUT2D eigenvalue weighted by Crippen LogP contribution is -2.41. The second-order valence-electron chi connectivity index (χ2n) is 3.81. The highest BCUT2D eigenvalue weighted by molar-refractivity contribution is 8.00. The Balaban J connectivity index is 2.03. The van der Waals surface area contributed by atoms with E-state index < -0.39 is 0 Å². The molecule has 1 unspecified atom stereocenters. The van der Waals surface area contributed by atoms with E-state index in [9.17, 15) is 4.79 Å². The Labute approximate surface area is 109 Å². The average Bonchev–Trinajstić information content (AvgIpc) is 2.86. The van der Waals surface area contributed by atoms with Gasteiger partial charge in [-0.3, -0.25) is 4.79 Å². The second kappa shape index (κ2) is 5.68. The first-order valence-electron chi connectivity index (χ1n) is 5.66. The van der Waals surface area contributed by atoms with E-state index in [2.05, 4.69) is 22.4 Å². The molecule has 17 heavy (non-hydrogen) atoms. The van der Waals surface area contributed by atoms with Crippen molar-refractivity contribution in [3.8, 4) is 0 Å². The zero-order valence-electron chi connectivity index (χ0n) is 9.97. The molecule has 1 aliphatic rings. The molecule has 2 heterocycles. The van der Waals surface area contributed by atoms with Crippen LogP contribution in [0, 0.1) is 0 Å². The van der Waals surface area contributed by atoms with E-state index in [1.807, 2.05) is 16.7 Å². The lowest BCUT2D eigenvalue weighted by molar-refractivity contribution is 0.0759. The van der Waals surface area contributed by atoms with E-state index in [1.54, 1.807) is 7.05 Å². The zero-order valence-corrected chi connectivity index (χ0v) is 11.6. The van der Waals surface area contributed by atoms with Crippen LogP contribution in [0.3, 0.4) is 0 Å². The van der Waals surface area contributed by atoms with Gasteiger partial charge in [-0.25, -0.2) is 0 Å². The van der Waals surface area contributed by atoms with E-state index in [0.717, 1.165) is 25.3 Å². The van der Waals surface area contributed by atoms with E-state index in [1.165, 1.54) is 11.3 Å². The summed E-state index contributed by atoms with van der Waals surface area (Å²) in [5.41, 5.74) is 0. The van der Waals surface area contributed by atoms with E-state index in [-0.39, 0.29) is 5.91 Å². The summed E-state index contributed by atoms with van der Waals surface area (Å²) >= 11 is 3.26. The molecule has 0 bridgehead atoms. The summed E-state index contributed by atoms with van der Waals surface area (Å²) in [7, 11) is 1.78. The van der Waals surface area contributed by atoms with Gasteiger partial charge < -0.3 is 10.2 Å². The van der Waals surface area contributed by atoms with Crippen LogP contribution in [-0.2, 0) is 0 Å². The number of nitrogens with zero attached hydrogens (tertiary/aromatic N) is 3. The number of amides is 1. The van der Waals surface area contributed by atoms with Crippen LogP contribution in [0.2, 0.25) is 0 Å². The minimum atomic E-state index is 0.0164. The molecule has 1 N–H and O–H groups in total. The van der Waals surface area contributed by atoms with Gasteiger partial charge in [0.05, 0.1) is 0 Å². The van der Waals surface area contributed by atoms with Crippen LogP contribution in [-0.4, -0.2) is 52.1 Å². The van der Waals surface area contributed by atoms with Gasteiger partial charge in [-0.05, 0) is 6.42 Å². The summed E-state index contributed by atoms with van der Waals surface area (Å²) in [6.07, 6.45) is 1.10. The fourth-order valence-electron chi connectivity index (χ4n) is 1.70. The number of rotatable bonds is 3. The standard InChI is InChI=1S/C10H16N4OS2/c1-3-7-6-14(4-5-16-7)9(15)8-12-13-10(11-2)17-8/h7H,3-6H2,1-2H3,(H,11,13). The van der Waals surface area contributed by atoms with Crippen LogP contribution >= 0.6 is 23.1 Å². The van der Waals surface area contributed by atoms with Crippen molar-refractivity contribution in [3.63, 3.8) is 0 Å². The fourth-order valence-corrected chi connectivity index (χ4v) is 3.54. The number of aromatic nitrogens is 2. The Hall–Kier alpha value is -0.820. The van der Waals surface area contributed by atoms with Gasteiger partial charge in [0.15, 0.2) is 0 Å². The maximum Gasteiger partial charge on any atom is 0.284 e. The maximum atomic E-state index is 12.2. The Morgan fingerprint density at radius 3 is 3.06 bits per heavy atom. The first kappa shape index (κ1) is 12.6. The van der Waals surface area contributed by atoms with Crippen molar-refractivity contribution >= 4 is 34.1 Å². The third kappa shape index (κ3) is 2.90. The molecule has 1 aromatic rings. The quantitative estimate of drug-likeness (QED) is 0.904. The number of nitrogens with one attached hydrogen (secondary N) is 1. The first-order valence-corrected chi connectivity index (χ1v) is 7.53. The highest BCUT2D eigenvalue weighted by atomic mass is 32.2. The summed E-state index contributed by atoms with van der Waals surface area (Å²) in [4.78, 5) is 14.1. The van der Waals surface area contributed by atoms with E-state index >= 15 is 0 Å². The average molecular weight is 272 g/mol. The van der Waals surface area contributed by atoms with Crippen molar-refractivity contribution in [2.24, 2.45) is 0 Å². The maximum absolute atomic E-state index is 12.2. The van der Waals surface area contributed by atoms with Crippen molar-refractivity contribution in [1.82, 2.24) is 15.1 Å². The number of thioether (sulfide) groups is 1. The van der Waals surface area contributed by atoms with Gasteiger partial charge in [0.25, 0.3) is 5.91 Å². The Bertz CT molecular complexity index is 395. The molecule has 1 aliphatic heterocycles. The SMILES string of the molecule is CCC1CN(C(=O)c2nnc(NC)s2)CCS1. The molecule has 0 aliphatic carbocycles. The summed E-state index contributed by atoms with van der Waals surface area (Å²) in [6, 6.07) is 0. The Kier molecular flexibility index (Phi) is 4.22. The fraction of sp³-hybridized carbons (Fsp3) is 0.700. The van der Waals surface area contributed by atoms with Crippen LogP contribution in [0.25, 0.3) is 0 Å². The number of carbonyl (C=O) groups is 1. The van der Waals surface area contributed by atoms with Gasteiger partial charge in [-0.15, -0.1) is 10.2 Å². The lowest BCUT2D eigenvalue weighted by Gasteiger charge is -2.31. The van der Waals surface area contributed by atoms with E-state index in [4.69, 9.17) is 0 Å². The molecular weight excluding hydrogens is 256 g/mol. The van der Waals surface area contributed by atoms with Crippen molar-refractivity contribution in [1.29, 1.82) is 0 Å². The van der Waals surface area contributed by atoms with Crippen LogP contribution in [0.4, 0.5) is 5.13 Å². The van der Waals surface area contributed by atoms with Crippen molar-refractivity contribution < 1.29 is 4.79 Å². The Morgan fingerprint density at radius 1 is 1.59 bits per heavy atom.